The predicted molar refractivity (Wildman–Crippen MR) is 71.4 cm³/mol. The molecule has 1 saturated carbocycles. The molecule has 0 aliphatic heterocycles. The summed E-state index contributed by atoms with van der Waals surface area (Å²) in [5, 5.41) is 12.2. The Morgan fingerprint density at radius 1 is 1.17 bits per heavy atom. The average Bonchev–Trinajstić information content (AvgIpc) is 2.84. The van der Waals surface area contributed by atoms with Crippen LogP contribution in [0.5, 0.6) is 0 Å². The Kier molecular flexibility index (Phi) is 4.76. The summed E-state index contributed by atoms with van der Waals surface area (Å²) in [6.45, 7) is 1.99. The fraction of sp³-hybridized carbons (Fsp3) is 0.533. The maximum Gasteiger partial charge on any atom is 0.307 e. The highest BCUT2D eigenvalue weighted by atomic mass is 16.4. The van der Waals surface area contributed by atoms with E-state index in [0.717, 1.165) is 24.6 Å². The fourth-order valence-corrected chi connectivity index (χ4v) is 2.58. The van der Waals surface area contributed by atoms with Gasteiger partial charge >= 0.3 is 5.97 Å². The van der Waals surface area contributed by atoms with Gasteiger partial charge < -0.3 is 10.4 Å². The summed E-state index contributed by atoms with van der Waals surface area (Å²) in [6, 6.07) is 7.83. The third-order valence-electron chi connectivity index (χ3n) is 3.62. The smallest absolute Gasteiger partial charge is 0.307 e. The van der Waals surface area contributed by atoms with Crippen molar-refractivity contribution >= 4 is 5.97 Å². The van der Waals surface area contributed by atoms with E-state index in [1.54, 1.807) is 0 Å². The SMILES string of the molecule is O=C(O)Cc1ccc(CNCC2CCCC2)cc1. The molecule has 0 saturated heterocycles. The van der Waals surface area contributed by atoms with Crippen LogP contribution >= 0.6 is 0 Å². The van der Waals surface area contributed by atoms with Gasteiger partial charge in [0.25, 0.3) is 0 Å². The lowest BCUT2D eigenvalue weighted by atomic mass is 10.1. The van der Waals surface area contributed by atoms with E-state index in [1.807, 2.05) is 24.3 Å². The van der Waals surface area contributed by atoms with Gasteiger partial charge in [-0.2, -0.15) is 0 Å². The van der Waals surface area contributed by atoms with Crippen molar-refractivity contribution in [3.63, 3.8) is 0 Å². The van der Waals surface area contributed by atoms with E-state index in [-0.39, 0.29) is 6.42 Å². The predicted octanol–water partition coefficient (Wildman–Crippen LogP) is 2.59. The van der Waals surface area contributed by atoms with Crippen molar-refractivity contribution < 1.29 is 9.90 Å². The number of benzene rings is 1. The van der Waals surface area contributed by atoms with Crippen molar-refractivity contribution in [1.29, 1.82) is 0 Å². The van der Waals surface area contributed by atoms with Gasteiger partial charge in [0.1, 0.15) is 0 Å². The maximum atomic E-state index is 10.6. The second-order valence-electron chi connectivity index (χ2n) is 5.17. The van der Waals surface area contributed by atoms with E-state index < -0.39 is 5.97 Å². The van der Waals surface area contributed by atoms with E-state index in [4.69, 9.17) is 5.11 Å². The van der Waals surface area contributed by atoms with Crippen LogP contribution in [-0.2, 0) is 17.8 Å². The monoisotopic (exact) mass is 247 g/mol. The van der Waals surface area contributed by atoms with Crippen LogP contribution in [0.1, 0.15) is 36.8 Å². The first-order valence-corrected chi connectivity index (χ1v) is 6.74. The number of hydrogen-bond donors (Lipinski definition) is 2. The highest BCUT2D eigenvalue weighted by Crippen LogP contribution is 2.23. The number of carboxylic acids is 1. The molecule has 2 N–H and O–H groups in total. The van der Waals surface area contributed by atoms with Gasteiger partial charge in [-0.1, -0.05) is 37.1 Å². The molecule has 0 heterocycles. The van der Waals surface area contributed by atoms with E-state index in [2.05, 4.69) is 5.32 Å². The molecule has 3 heteroatoms. The van der Waals surface area contributed by atoms with Gasteiger partial charge in [0.05, 0.1) is 6.42 Å². The lowest BCUT2D eigenvalue weighted by Crippen LogP contribution is -2.20. The lowest BCUT2D eigenvalue weighted by Gasteiger charge is -2.10. The van der Waals surface area contributed by atoms with Crippen LogP contribution in [0.15, 0.2) is 24.3 Å². The van der Waals surface area contributed by atoms with Gasteiger partial charge in [0.2, 0.25) is 0 Å². The fourth-order valence-electron chi connectivity index (χ4n) is 2.58. The van der Waals surface area contributed by atoms with E-state index in [0.29, 0.717) is 0 Å². The molecule has 0 atom stereocenters. The minimum absolute atomic E-state index is 0.107. The molecule has 0 spiro atoms. The molecule has 0 unspecified atom stereocenters. The van der Waals surface area contributed by atoms with Gasteiger partial charge in [-0.15, -0.1) is 0 Å². The number of carboxylic acid groups (broad SMARTS) is 1. The molecule has 1 aromatic carbocycles. The van der Waals surface area contributed by atoms with Gasteiger partial charge in [0.15, 0.2) is 0 Å². The zero-order valence-corrected chi connectivity index (χ0v) is 10.7. The highest BCUT2D eigenvalue weighted by molar-refractivity contribution is 5.70. The number of hydrogen-bond acceptors (Lipinski definition) is 2. The summed E-state index contributed by atoms with van der Waals surface area (Å²) in [5.41, 5.74) is 2.09. The Balaban J connectivity index is 1.73. The summed E-state index contributed by atoms with van der Waals surface area (Å²) in [5.74, 6) is 0.0818. The normalized spacial score (nSPS) is 16.0. The standard InChI is InChI=1S/C15H21NO2/c17-15(18)9-12-5-7-14(8-6-12)11-16-10-13-3-1-2-4-13/h5-8,13,16H,1-4,9-11H2,(H,17,18). The topological polar surface area (TPSA) is 49.3 Å². The molecule has 0 bridgehead atoms. The molecule has 0 radical (unpaired) electrons. The molecule has 1 aromatic rings. The third-order valence-corrected chi connectivity index (χ3v) is 3.62. The summed E-state index contributed by atoms with van der Waals surface area (Å²) in [4.78, 5) is 10.6. The Hall–Kier alpha value is -1.35. The van der Waals surface area contributed by atoms with Crippen LogP contribution < -0.4 is 5.32 Å². The van der Waals surface area contributed by atoms with Crippen molar-refractivity contribution in [2.75, 3.05) is 6.54 Å². The summed E-state index contributed by atoms with van der Waals surface area (Å²) < 4.78 is 0. The van der Waals surface area contributed by atoms with Crippen LogP contribution in [0, 0.1) is 5.92 Å². The second-order valence-corrected chi connectivity index (χ2v) is 5.17. The van der Waals surface area contributed by atoms with Crippen molar-refractivity contribution in [3.8, 4) is 0 Å². The van der Waals surface area contributed by atoms with Gasteiger partial charge in [-0.3, -0.25) is 4.79 Å². The molecule has 1 aliphatic rings. The van der Waals surface area contributed by atoms with Crippen LogP contribution in [0.3, 0.4) is 0 Å². The van der Waals surface area contributed by atoms with Gasteiger partial charge in [-0.25, -0.2) is 0 Å². The first-order chi connectivity index (χ1) is 8.74. The quantitative estimate of drug-likeness (QED) is 0.812. The zero-order chi connectivity index (χ0) is 12.8. The average molecular weight is 247 g/mol. The summed E-state index contributed by atoms with van der Waals surface area (Å²) >= 11 is 0. The zero-order valence-electron chi connectivity index (χ0n) is 10.7. The molecular formula is C15H21NO2. The van der Waals surface area contributed by atoms with Crippen LogP contribution in [0.4, 0.5) is 0 Å². The van der Waals surface area contributed by atoms with Crippen molar-refractivity contribution in [3.05, 3.63) is 35.4 Å². The highest BCUT2D eigenvalue weighted by Gasteiger charge is 2.13. The Morgan fingerprint density at radius 2 is 1.78 bits per heavy atom. The van der Waals surface area contributed by atoms with Crippen molar-refractivity contribution in [2.45, 2.75) is 38.6 Å². The summed E-state index contributed by atoms with van der Waals surface area (Å²) in [6.07, 6.45) is 5.61. The van der Waals surface area contributed by atoms with E-state index in [1.165, 1.54) is 31.2 Å². The first kappa shape index (κ1) is 13.1. The molecule has 0 aromatic heterocycles. The Labute approximate surface area is 108 Å². The molecule has 98 valence electrons. The van der Waals surface area contributed by atoms with Crippen LogP contribution in [0.2, 0.25) is 0 Å². The minimum atomic E-state index is -0.776. The molecule has 1 fully saturated rings. The van der Waals surface area contributed by atoms with Gasteiger partial charge in [0, 0.05) is 6.54 Å². The van der Waals surface area contributed by atoms with Crippen LogP contribution in [0.25, 0.3) is 0 Å². The molecule has 2 rings (SSSR count). The van der Waals surface area contributed by atoms with Crippen molar-refractivity contribution in [1.82, 2.24) is 5.32 Å². The van der Waals surface area contributed by atoms with Crippen LogP contribution in [-0.4, -0.2) is 17.6 Å². The number of rotatable bonds is 6. The molecule has 0 amide bonds. The maximum absolute atomic E-state index is 10.6. The van der Waals surface area contributed by atoms with E-state index in [9.17, 15) is 4.79 Å². The largest absolute Gasteiger partial charge is 0.481 e. The van der Waals surface area contributed by atoms with E-state index >= 15 is 0 Å². The Bertz CT molecular complexity index is 380. The van der Waals surface area contributed by atoms with Gasteiger partial charge in [-0.05, 0) is 36.4 Å². The second kappa shape index (κ2) is 6.55. The molecular weight excluding hydrogens is 226 g/mol. The van der Waals surface area contributed by atoms with Crippen molar-refractivity contribution in [2.24, 2.45) is 5.92 Å². The number of nitrogens with one attached hydrogen (secondary N) is 1. The first-order valence-electron chi connectivity index (χ1n) is 6.74. The Morgan fingerprint density at radius 3 is 2.39 bits per heavy atom. The lowest BCUT2D eigenvalue weighted by molar-refractivity contribution is -0.136. The number of aliphatic carboxylic acids is 1. The third kappa shape index (κ3) is 4.15. The molecule has 18 heavy (non-hydrogen) atoms. The number of carbonyl (C=O) groups is 1. The molecule has 3 nitrogen and oxygen atoms in total. The molecule has 1 aliphatic carbocycles. The summed E-state index contributed by atoms with van der Waals surface area (Å²) in [7, 11) is 0. The minimum Gasteiger partial charge on any atom is -0.481 e.